The molecule has 7 heteroatoms. The van der Waals surface area contributed by atoms with Gasteiger partial charge in [0.2, 0.25) is 5.91 Å². The fourth-order valence-corrected chi connectivity index (χ4v) is 4.07. The van der Waals surface area contributed by atoms with E-state index < -0.39 is 24.3 Å². The van der Waals surface area contributed by atoms with E-state index in [1.807, 2.05) is 17.6 Å². The lowest BCUT2D eigenvalue weighted by Crippen LogP contribution is -2.37. The summed E-state index contributed by atoms with van der Waals surface area (Å²) in [5.74, 6) is -1.42. The molecule has 2 aromatic carbocycles. The minimum atomic E-state index is -0.548. The van der Waals surface area contributed by atoms with E-state index in [-0.39, 0.29) is 16.9 Å². The Labute approximate surface area is 192 Å². The molecule has 0 atom stereocenters. The van der Waals surface area contributed by atoms with Gasteiger partial charge in [-0.3, -0.25) is 24.1 Å². The molecule has 2 heterocycles. The standard InChI is InChI=1S/C26H25N3O4/c1-16(2)13-28-14-21(23(17(28)3)24(31)18-9-5-4-6-10-18)27-22(30)15-29-25(32)19-11-7-8-12-20(19)26(29)33/h4-12,14,16H,13,15H2,1-3H3,(H,27,30). The number of hydrogen-bond acceptors (Lipinski definition) is 4. The van der Waals surface area contributed by atoms with Crippen molar-refractivity contribution < 1.29 is 19.2 Å². The van der Waals surface area contributed by atoms with Crippen LogP contribution in [0.15, 0.2) is 60.8 Å². The third-order valence-corrected chi connectivity index (χ3v) is 5.63. The van der Waals surface area contributed by atoms with Crippen molar-refractivity contribution in [3.8, 4) is 0 Å². The smallest absolute Gasteiger partial charge is 0.262 e. The van der Waals surface area contributed by atoms with E-state index in [9.17, 15) is 19.2 Å². The highest BCUT2D eigenvalue weighted by molar-refractivity contribution is 6.23. The number of aromatic nitrogens is 1. The van der Waals surface area contributed by atoms with Gasteiger partial charge in [0.05, 0.1) is 22.4 Å². The molecule has 0 aliphatic carbocycles. The molecular weight excluding hydrogens is 418 g/mol. The molecule has 3 aromatic rings. The largest absolute Gasteiger partial charge is 0.349 e. The molecule has 1 N–H and O–H groups in total. The normalized spacial score (nSPS) is 12.9. The number of rotatable bonds is 7. The van der Waals surface area contributed by atoms with E-state index in [0.29, 0.717) is 29.3 Å². The minimum Gasteiger partial charge on any atom is -0.349 e. The Bertz CT molecular complexity index is 1220. The fraction of sp³-hybridized carbons (Fsp3) is 0.231. The van der Waals surface area contributed by atoms with Gasteiger partial charge in [-0.05, 0) is 25.0 Å². The van der Waals surface area contributed by atoms with Crippen molar-refractivity contribution >= 4 is 29.2 Å². The predicted octanol–water partition coefficient (Wildman–Crippen LogP) is 3.92. The molecule has 1 aliphatic rings. The van der Waals surface area contributed by atoms with Crippen LogP contribution in [0.4, 0.5) is 5.69 Å². The van der Waals surface area contributed by atoms with E-state index in [0.717, 1.165) is 10.6 Å². The van der Waals surface area contributed by atoms with Crippen LogP contribution >= 0.6 is 0 Å². The van der Waals surface area contributed by atoms with Crippen LogP contribution in [0, 0.1) is 12.8 Å². The topological polar surface area (TPSA) is 88.5 Å². The van der Waals surface area contributed by atoms with Crippen LogP contribution in [0.5, 0.6) is 0 Å². The Hall–Kier alpha value is -4.00. The summed E-state index contributed by atoms with van der Waals surface area (Å²) in [7, 11) is 0. The molecular formula is C26H25N3O4. The van der Waals surface area contributed by atoms with E-state index >= 15 is 0 Å². The highest BCUT2D eigenvalue weighted by Gasteiger charge is 2.36. The average Bonchev–Trinajstić information content (AvgIpc) is 3.22. The molecule has 33 heavy (non-hydrogen) atoms. The van der Waals surface area contributed by atoms with Gasteiger partial charge in [-0.15, -0.1) is 0 Å². The zero-order valence-corrected chi connectivity index (χ0v) is 18.8. The van der Waals surface area contributed by atoms with Crippen LogP contribution < -0.4 is 5.32 Å². The second-order valence-electron chi connectivity index (χ2n) is 8.53. The van der Waals surface area contributed by atoms with Gasteiger partial charge in [0.15, 0.2) is 5.78 Å². The lowest BCUT2D eigenvalue weighted by Gasteiger charge is -2.14. The number of amides is 3. The quantitative estimate of drug-likeness (QED) is 0.443. The van der Waals surface area contributed by atoms with Gasteiger partial charge in [0.25, 0.3) is 11.8 Å². The van der Waals surface area contributed by atoms with Crippen molar-refractivity contribution in [3.63, 3.8) is 0 Å². The predicted molar refractivity (Wildman–Crippen MR) is 124 cm³/mol. The third kappa shape index (κ3) is 4.22. The van der Waals surface area contributed by atoms with Crippen LogP contribution in [-0.2, 0) is 11.3 Å². The Kier molecular flexibility index (Phi) is 5.96. The summed E-state index contributed by atoms with van der Waals surface area (Å²) in [4.78, 5) is 52.3. The first-order valence-electron chi connectivity index (χ1n) is 10.8. The monoisotopic (exact) mass is 443 g/mol. The first kappa shape index (κ1) is 22.2. The maximum atomic E-state index is 13.3. The number of ketones is 1. The summed E-state index contributed by atoms with van der Waals surface area (Å²) in [5, 5.41) is 2.76. The Morgan fingerprint density at radius 1 is 0.909 bits per heavy atom. The van der Waals surface area contributed by atoms with Crippen molar-refractivity contribution in [2.45, 2.75) is 27.3 Å². The number of carbonyl (C=O) groups excluding carboxylic acids is 4. The molecule has 4 rings (SSSR count). The van der Waals surface area contributed by atoms with E-state index in [1.165, 1.54) is 0 Å². The zero-order valence-electron chi connectivity index (χ0n) is 18.8. The Morgan fingerprint density at radius 2 is 1.48 bits per heavy atom. The molecule has 0 saturated heterocycles. The summed E-state index contributed by atoms with van der Waals surface area (Å²) in [5.41, 5.74) is 2.59. The number of imide groups is 1. The third-order valence-electron chi connectivity index (χ3n) is 5.63. The first-order valence-corrected chi connectivity index (χ1v) is 10.8. The molecule has 0 bridgehead atoms. The van der Waals surface area contributed by atoms with Crippen LogP contribution in [-0.4, -0.2) is 39.5 Å². The summed E-state index contributed by atoms with van der Waals surface area (Å²) in [6.07, 6.45) is 1.74. The van der Waals surface area contributed by atoms with Gasteiger partial charge in [-0.1, -0.05) is 56.3 Å². The average molecular weight is 444 g/mol. The van der Waals surface area contributed by atoms with E-state index in [4.69, 9.17) is 0 Å². The molecule has 0 saturated carbocycles. The SMILES string of the molecule is Cc1c(C(=O)c2ccccc2)c(NC(=O)CN2C(=O)c3ccccc3C2=O)cn1CC(C)C. The maximum absolute atomic E-state index is 13.3. The molecule has 0 spiro atoms. The number of hydrogen-bond donors (Lipinski definition) is 1. The lowest BCUT2D eigenvalue weighted by molar-refractivity contribution is -0.116. The lowest BCUT2D eigenvalue weighted by atomic mass is 10.0. The van der Waals surface area contributed by atoms with Gasteiger partial charge < -0.3 is 9.88 Å². The summed E-state index contributed by atoms with van der Waals surface area (Å²) < 4.78 is 1.94. The van der Waals surface area contributed by atoms with Gasteiger partial charge in [0.1, 0.15) is 6.54 Å². The molecule has 1 aliphatic heterocycles. The number of benzene rings is 2. The molecule has 0 radical (unpaired) electrons. The molecule has 168 valence electrons. The number of carbonyl (C=O) groups is 4. The minimum absolute atomic E-state index is 0.202. The van der Waals surface area contributed by atoms with Gasteiger partial charge >= 0.3 is 0 Å². The zero-order chi connectivity index (χ0) is 23.7. The molecule has 3 amide bonds. The fourth-order valence-electron chi connectivity index (χ4n) is 4.07. The number of anilines is 1. The van der Waals surface area contributed by atoms with Crippen LogP contribution in [0.3, 0.4) is 0 Å². The Balaban J connectivity index is 1.61. The van der Waals surface area contributed by atoms with Gasteiger partial charge in [-0.2, -0.15) is 0 Å². The summed E-state index contributed by atoms with van der Waals surface area (Å²) in [6, 6.07) is 15.3. The van der Waals surface area contributed by atoms with Gasteiger partial charge in [0, 0.05) is 24.0 Å². The Morgan fingerprint density at radius 3 is 2.06 bits per heavy atom. The molecule has 7 nitrogen and oxygen atoms in total. The van der Waals surface area contributed by atoms with Crippen molar-refractivity contribution in [2.75, 3.05) is 11.9 Å². The van der Waals surface area contributed by atoms with Crippen LogP contribution in [0.2, 0.25) is 0 Å². The summed E-state index contributed by atoms with van der Waals surface area (Å²) >= 11 is 0. The van der Waals surface area contributed by atoms with E-state index in [1.54, 1.807) is 54.7 Å². The highest BCUT2D eigenvalue weighted by atomic mass is 16.2. The van der Waals surface area contributed by atoms with Gasteiger partial charge in [-0.25, -0.2) is 0 Å². The van der Waals surface area contributed by atoms with Crippen molar-refractivity contribution in [3.05, 3.63) is 88.7 Å². The number of nitrogens with zero attached hydrogens (tertiary/aromatic N) is 2. The molecule has 0 unspecified atom stereocenters. The van der Waals surface area contributed by atoms with Crippen LogP contribution in [0.25, 0.3) is 0 Å². The number of fused-ring (bicyclic) bond motifs is 1. The maximum Gasteiger partial charge on any atom is 0.262 e. The second-order valence-corrected chi connectivity index (χ2v) is 8.53. The molecule has 0 fully saturated rings. The second kappa shape index (κ2) is 8.86. The van der Waals surface area contributed by atoms with Crippen molar-refractivity contribution in [2.24, 2.45) is 5.92 Å². The van der Waals surface area contributed by atoms with E-state index in [2.05, 4.69) is 19.2 Å². The number of nitrogens with one attached hydrogen (secondary N) is 1. The summed E-state index contributed by atoms with van der Waals surface area (Å²) in [6.45, 7) is 6.23. The highest BCUT2D eigenvalue weighted by Crippen LogP contribution is 2.27. The van der Waals surface area contributed by atoms with Crippen molar-refractivity contribution in [1.29, 1.82) is 0 Å². The van der Waals surface area contributed by atoms with Crippen LogP contribution in [0.1, 0.15) is 56.2 Å². The first-order chi connectivity index (χ1) is 15.8. The van der Waals surface area contributed by atoms with Crippen molar-refractivity contribution in [1.82, 2.24) is 9.47 Å². The molecule has 1 aromatic heterocycles.